The van der Waals surface area contributed by atoms with E-state index in [2.05, 4.69) is 12.2 Å². The van der Waals surface area contributed by atoms with Gasteiger partial charge < -0.3 is 5.32 Å². The number of hydrogen-bond donors (Lipinski definition) is 1. The van der Waals surface area contributed by atoms with Crippen LogP contribution in [0.1, 0.15) is 44.6 Å². The number of likely N-dealkylation sites (N-methyl/N-ethyl adjacent to an activating group) is 1. The van der Waals surface area contributed by atoms with Gasteiger partial charge in [0.1, 0.15) is 5.82 Å². The highest BCUT2D eigenvalue weighted by Gasteiger charge is 2.57. The summed E-state index contributed by atoms with van der Waals surface area (Å²) < 4.78 is 13.2. The minimum absolute atomic E-state index is 0.126. The summed E-state index contributed by atoms with van der Waals surface area (Å²) in [6.07, 6.45) is 6.50. The van der Waals surface area contributed by atoms with Crippen LogP contribution < -0.4 is 5.32 Å². The lowest BCUT2D eigenvalue weighted by Crippen LogP contribution is -2.57. The van der Waals surface area contributed by atoms with Crippen LogP contribution in [0, 0.1) is 11.2 Å². The average Bonchev–Trinajstić information content (AvgIpc) is 2.27. The highest BCUT2D eigenvalue weighted by atomic mass is 35.5. The summed E-state index contributed by atoms with van der Waals surface area (Å²) in [5.74, 6) is -0.245. The zero-order chi connectivity index (χ0) is 13.5. The summed E-state index contributed by atoms with van der Waals surface area (Å²) in [6, 6.07) is 4.89. The molecule has 3 rings (SSSR count). The molecule has 1 aromatic rings. The summed E-state index contributed by atoms with van der Waals surface area (Å²) in [4.78, 5) is 0. The second kappa shape index (κ2) is 4.75. The third-order valence-electron chi connectivity index (χ3n) is 5.06. The number of nitrogens with one attached hydrogen (secondary N) is 1. The molecule has 0 saturated heterocycles. The minimum Gasteiger partial charge on any atom is -0.316 e. The van der Waals surface area contributed by atoms with Crippen LogP contribution in [-0.2, 0) is 5.41 Å². The van der Waals surface area contributed by atoms with Crippen LogP contribution in [0.3, 0.4) is 0 Å². The maximum atomic E-state index is 13.2. The first kappa shape index (κ1) is 13.4. The third kappa shape index (κ3) is 2.19. The predicted molar refractivity (Wildman–Crippen MR) is 77.1 cm³/mol. The molecule has 2 fully saturated rings. The maximum Gasteiger partial charge on any atom is 0.124 e. The van der Waals surface area contributed by atoms with Crippen LogP contribution in [0.2, 0.25) is 5.02 Å². The molecule has 2 aliphatic carbocycles. The molecule has 0 aliphatic heterocycles. The lowest BCUT2D eigenvalue weighted by molar-refractivity contribution is -0.0480. The first-order valence-corrected chi connectivity index (χ1v) is 7.63. The van der Waals surface area contributed by atoms with Gasteiger partial charge in [-0.25, -0.2) is 4.39 Å². The minimum atomic E-state index is -0.245. The molecule has 2 aliphatic rings. The highest BCUT2D eigenvalue weighted by Crippen LogP contribution is 2.65. The van der Waals surface area contributed by atoms with Gasteiger partial charge in [0.05, 0.1) is 0 Å². The van der Waals surface area contributed by atoms with Crippen molar-refractivity contribution in [1.29, 1.82) is 0 Å². The van der Waals surface area contributed by atoms with E-state index in [0.717, 1.165) is 18.7 Å². The first-order valence-electron chi connectivity index (χ1n) is 7.26. The number of benzene rings is 1. The van der Waals surface area contributed by atoms with Crippen LogP contribution in [0.25, 0.3) is 0 Å². The SMILES string of the molecule is CCNCC1(c2ccc(F)cc2Cl)CC2(CCC2)C1. The van der Waals surface area contributed by atoms with Gasteiger partial charge in [-0.05, 0) is 55.3 Å². The molecule has 19 heavy (non-hydrogen) atoms. The van der Waals surface area contributed by atoms with Crippen LogP contribution >= 0.6 is 11.6 Å². The van der Waals surface area contributed by atoms with E-state index in [4.69, 9.17) is 11.6 Å². The summed E-state index contributed by atoms with van der Waals surface area (Å²) in [6.45, 7) is 4.04. The maximum absolute atomic E-state index is 13.2. The van der Waals surface area contributed by atoms with E-state index in [9.17, 15) is 4.39 Å². The zero-order valence-corrected chi connectivity index (χ0v) is 12.2. The Bertz CT molecular complexity index is 474. The summed E-state index contributed by atoms with van der Waals surface area (Å²) >= 11 is 6.29. The van der Waals surface area contributed by atoms with Gasteiger partial charge in [-0.15, -0.1) is 0 Å². The summed E-state index contributed by atoms with van der Waals surface area (Å²) in [7, 11) is 0. The molecule has 0 atom stereocenters. The van der Waals surface area contributed by atoms with Crippen LogP contribution in [0.4, 0.5) is 4.39 Å². The van der Waals surface area contributed by atoms with Gasteiger partial charge in [0.15, 0.2) is 0 Å². The van der Waals surface area contributed by atoms with Gasteiger partial charge in [0, 0.05) is 17.0 Å². The Morgan fingerprint density at radius 3 is 2.58 bits per heavy atom. The number of rotatable bonds is 4. The van der Waals surface area contributed by atoms with Gasteiger partial charge in [-0.1, -0.05) is 31.0 Å². The Labute approximate surface area is 119 Å². The third-order valence-corrected chi connectivity index (χ3v) is 5.37. The van der Waals surface area contributed by atoms with E-state index in [-0.39, 0.29) is 11.2 Å². The summed E-state index contributed by atoms with van der Waals surface area (Å²) in [5, 5.41) is 4.05. The molecule has 0 bridgehead atoms. The van der Waals surface area contributed by atoms with Crippen LogP contribution in [0.15, 0.2) is 18.2 Å². The van der Waals surface area contributed by atoms with E-state index >= 15 is 0 Å². The molecule has 0 aromatic heterocycles. The van der Waals surface area contributed by atoms with Crippen molar-refractivity contribution in [2.24, 2.45) is 5.41 Å². The predicted octanol–water partition coefficient (Wildman–Crippen LogP) is 4.29. The Morgan fingerprint density at radius 2 is 2.05 bits per heavy atom. The molecule has 0 amide bonds. The van der Waals surface area contributed by atoms with Gasteiger partial charge in [0.2, 0.25) is 0 Å². The van der Waals surface area contributed by atoms with Gasteiger partial charge in [-0.3, -0.25) is 0 Å². The molecule has 0 radical (unpaired) electrons. The van der Waals surface area contributed by atoms with E-state index in [0.29, 0.717) is 10.4 Å². The Kier molecular flexibility index (Phi) is 3.34. The molecular formula is C16H21ClFN. The lowest BCUT2D eigenvalue weighted by atomic mass is 9.43. The summed E-state index contributed by atoms with van der Waals surface area (Å²) in [5.41, 5.74) is 1.84. The molecule has 2 saturated carbocycles. The van der Waals surface area contributed by atoms with Crippen molar-refractivity contribution < 1.29 is 4.39 Å². The Morgan fingerprint density at radius 1 is 1.32 bits per heavy atom. The van der Waals surface area contributed by atoms with E-state index in [1.807, 2.05) is 6.07 Å². The fraction of sp³-hybridized carbons (Fsp3) is 0.625. The Balaban J connectivity index is 1.87. The van der Waals surface area contributed by atoms with Crippen molar-refractivity contribution in [2.45, 2.75) is 44.4 Å². The first-order chi connectivity index (χ1) is 9.09. The average molecular weight is 282 g/mol. The second-order valence-electron chi connectivity index (χ2n) is 6.39. The van der Waals surface area contributed by atoms with Gasteiger partial charge in [0.25, 0.3) is 0 Å². The normalized spacial score (nSPS) is 22.9. The van der Waals surface area contributed by atoms with Crippen LogP contribution in [-0.4, -0.2) is 13.1 Å². The van der Waals surface area contributed by atoms with Crippen molar-refractivity contribution in [1.82, 2.24) is 5.32 Å². The van der Waals surface area contributed by atoms with Gasteiger partial charge >= 0.3 is 0 Å². The standard InChI is InChI=1S/C16H21ClFN/c1-2-19-11-16(9-15(10-16)6-3-7-15)13-5-4-12(18)8-14(13)17/h4-5,8,19H,2-3,6-7,9-11H2,1H3. The fourth-order valence-electron chi connectivity index (χ4n) is 4.11. The zero-order valence-electron chi connectivity index (χ0n) is 11.4. The molecule has 0 heterocycles. The quantitative estimate of drug-likeness (QED) is 0.868. The van der Waals surface area contributed by atoms with Crippen molar-refractivity contribution >= 4 is 11.6 Å². The van der Waals surface area contributed by atoms with Crippen molar-refractivity contribution in [2.75, 3.05) is 13.1 Å². The highest BCUT2D eigenvalue weighted by molar-refractivity contribution is 6.31. The van der Waals surface area contributed by atoms with E-state index in [1.54, 1.807) is 6.07 Å². The molecule has 0 unspecified atom stereocenters. The number of halogens is 2. The molecule has 104 valence electrons. The van der Waals surface area contributed by atoms with E-state index in [1.165, 1.54) is 38.2 Å². The lowest BCUT2D eigenvalue weighted by Gasteiger charge is -2.62. The van der Waals surface area contributed by atoms with Crippen LogP contribution in [0.5, 0.6) is 0 Å². The molecule has 3 heteroatoms. The van der Waals surface area contributed by atoms with E-state index < -0.39 is 0 Å². The molecule has 1 aromatic carbocycles. The molecular weight excluding hydrogens is 261 g/mol. The molecule has 1 N–H and O–H groups in total. The number of hydrogen-bond acceptors (Lipinski definition) is 1. The topological polar surface area (TPSA) is 12.0 Å². The second-order valence-corrected chi connectivity index (χ2v) is 6.80. The molecule has 1 spiro atoms. The fourth-order valence-corrected chi connectivity index (χ4v) is 4.48. The Hall–Kier alpha value is -0.600. The van der Waals surface area contributed by atoms with Gasteiger partial charge in [-0.2, -0.15) is 0 Å². The van der Waals surface area contributed by atoms with Crippen molar-refractivity contribution in [3.63, 3.8) is 0 Å². The van der Waals surface area contributed by atoms with Crippen molar-refractivity contribution in [3.8, 4) is 0 Å². The smallest absolute Gasteiger partial charge is 0.124 e. The largest absolute Gasteiger partial charge is 0.316 e. The monoisotopic (exact) mass is 281 g/mol. The van der Waals surface area contributed by atoms with Crippen molar-refractivity contribution in [3.05, 3.63) is 34.6 Å². The molecule has 1 nitrogen and oxygen atoms in total.